The summed E-state index contributed by atoms with van der Waals surface area (Å²) >= 11 is 7.79. The molecule has 0 saturated carbocycles. The molecule has 10 heteroatoms. The van der Waals surface area contributed by atoms with E-state index in [1.807, 2.05) is 18.2 Å². The molecule has 4 heterocycles. The SMILES string of the molecule is COc1ccc(-c2csc3nc(Cl)nc(N4CCN(C(=O)c5ccco5)CC4)c23)cc1OC. The van der Waals surface area contributed by atoms with Crippen molar-refractivity contribution in [3.63, 3.8) is 0 Å². The van der Waals surface area contributed by atoms with Crippen molar-refractivity contribution in [2.45, 2.75) is 0 Å². The Morgan fingerprint density at radius 3 is 2.58 bits per heavy atom. The third-order valence-electron chi connectivity index (χ3n) is 5.68. The molecule has 1 amide bonds. The average molecular weight is 485 g/mol. The van der Waals surface area contributed by atoms with Crippen LogP contribution in [0.2, 0.25) is 5.28 Å². The number of fused-ring (bicyclic) bond motifs is 1. The Morgan fingerprint density at radius 2 is 1.88 bits per heavy atom. The van der Waals surface area contributed by atoms with Crippen molar-refractivity contribution in [3.05, 3.63) is 53.0 Å². The maximum Gasteiger partial charge on any atom is 0.289 e. The van der Waals surface area contributed by atoms with Crippen molar-refractivity contribution in [3.8, 4) is 22.6 Å². The maximum atomic E-state index is 12.6. The molecule has 0 N–H and O–H groups in total. The van der Waals surface area contributed by atoms with Gasteiger partial charge in [0, 0.05) is 37.1 Å². The van der Waals surface area contributed by atoms with E-state index in [1.54, 1.807) is 31.3 Å². The molecule has 3 aromatic heterocycles. The summed E-state index contributed by atoms with van der Waals surface area (Å²) in [7, 11) is 3.23. The van der Waals surface area contributed by atoms with Crippen molar-refractivity contribution < 1.29 is 18.7 Å². The predicted octanol–water partition coefficient (Wildman–Crippen LogP) is 4.58. The number of aromatic nitrogens is 2. The second kappa shape index (κ2) is 8.92. The number of rotatable bonds is 5. The molecule has 5 rings (SSSR count). The minimum atomic E-state index is -0.105. The summed E-state index contributed by atoms with van der Waals surface area (Å²) in [6.45, 7) is 2.35. The molecule has 0 unspecified atom stereocenters. The molecule has 0 bridgehead atoms. The van der Waals surface area contributed by atoms with E-state index in [2.05, 4.69) is 20.2 Å². The van der Waals surface area contributed by atoms with Crippen LogP contribution in [0.3, 0.4) is 0 Å². The van der Waals surface area contributed by atoms with Crippen LogP contribution in [0, 0.1) is 0 Å². The van der Waals surface area contributed by atoms with Crippen LogP contribution in [0.5, 0.6) is 11.5 Å². The molecule has 1 aromatic carbocycles. The predicted molar refractivity (Wildman–Crippen MR) is 128 cm³/mol. The molecular weight excluding hydrogens is 464 g/mol. The number of hydrogen-bond acceptors (Lipinski definition) is 8. The zero-order valence-corrected chi connectivity index (χ0v) is 19.7. The molecule has 0 aliphatic carbocycles. The number of piperazine rings is 1. The number of amides is 1. The first-order valence-corrected chi connectivity index (χ1v) is 11.6. The average Bonchev–Trinajstić information content (AvgIpc) is 3.53. The highest BCUT2D eigenvalue weighted by molar-refractivity contribution is 7.17. The summed E-state index contributed by atoms with van der Waals surface area (Å²) in [4.78, 5) is 26.4. The summed E-state index contributed by atoms with van der Waals surface area (Å²) in [6.07, 6.45) is 1.51. The fraction of sp³-hybridized carbons (Fsp3) is 0.261. The van der Waals surface area contributed by atoms with Gasteiger partial charge in [-0.15, -0.1) is 11.3 Å². The van der Waals surface area contributed by atoms with Gasteiger partial charge in [-0.3, -0.25) is 4.79 Å². The number of carbonyl (C=O) groups is 1. The van der Waals surface area contributed by atoms with Gasteiger partial charge in [0.15, 0.2) is 17.3 Å². The summed E-state index contributed by atoms with van der Waals surface area (Å²) < 4.78 is 16.1. The van der Waals surface area contributed by atoms with Gasteiger partial charge in [-0.1, -0.05) is 6.07 Å². The fourth-order valence-corrected chi connectivity index (χ4v) is 5.18. The number of anilines is 1. The molecule has 8 nitrogen and oxygen atoms in total. The first kappa shape index (κ1) is 21.5. The van der Waals surface area contributed by atoms with Crippen LogP contribution >= 0.6 is 22.9 Å². The molecular formula is C23H21ClN4O4S. The summed E-state index contributed by atoms with van der Waals surface area (Å²) in [5.41, 5.74) is 1.97. The highest BCUT2D eigenvalue weighted by Crippen LogP contribution is 2.41. The van der Waals surface area contributed by atoms with Crippen LogP contribution in [-0.4, -0.2) is 61.2 Å². The first-order chi connectivity index (χ1) is 16.1. The van der Waals surface area contributed by atoms with Crippen LogP contribution in [0.1, 0.15) is 10.6 Å². The van der Waals surface area contributed by atoms with Crippen LogP contribution in [0.15, 0.2) is 46.4 Å². The lowest BCUT2D eigenvalue weighted by atomic mass is 10.0. The zero-order chi connectivity index (χ0) is 22.9. The van der Waals surface area contributed by atoms with E-state index < -0.39 is 0 Å². The maximum absolute atomic E-state index is 12.6. The number of benzene rings is 1. The molecule has 0 spiro atoms. The van der Waals surface area contributed by atoms with E-state index in [0.717, 1.165) is 27.2 Å². The van der Waals surface area contributed by atoms with Gasteiger partial charge < -0.3 is 23.7 Å². The number of halogens is 1. The second-order valence-corrected chi connectivity index (χ2v) is 8.67. The van der Waals surface area contributed by atoms with Crippen molar-refractivity contribution in [2.24, 2.45) is 0 Å². The largest absolute Gasteiger partial charge is 0.493 e. The minimum Gasteiger partial charge on any atom is -0.493 e. The van der Waals surface area contributed by atoms with Crippen molar-refractivity contribution in [1.29, 1.82) is 0 Å². The van der Waals surface area contributed by atoms with E-state index in [9.17, 15) is 4.79 Å². The molecule has 0 radical (unpaired) electrons. The lowest BCUT2D eigenvalue weighted by Gasteiger charge is -2.35. The molecule has 4 aromatic rings. The Hall–Kier alpha value is -3.30. The lowest BCUT2D eigenvalue weighted by molar-refractivity contribution is 0.0714. The topological polar surface area (TPSA) is 80.9 Å². The Balaban J connectivity index is 1.48. The molecule has 1 aliphatic heterocycles. The van der Waals surface area contributed by atoms with Gasteiger partial charge in [0.2, 0.25) is 5.28 Å². The van der Waals surface area contributed by atoms with E-state index in [1.165, 1.54) is 17.6 Å². The van der Waals surface area contributed by atoms with Gasteiger partial charge in [0.1, 0.15) is 10.6 Å². The van der Waals surface area contributed by atoms with Crippen molar-refractivity contribution in [2.75, 3.05) is 45.3 Å². The molecule has 33 heavy (non-hydrogen) atoms. The third kappa shape index (κ3) is 3.98. The van der Waals surface area contributed by atoms with Crippen LogP contribution in [-0.2, 0) is 0 Å². The lowest BCUT2D eigenvalue weighted by Crippen LogP contribution is -2.49. The number of nitrogens with zero attached hydrogens (tertiary/aromatic N) is 4. The summed E-state index contributed by atoms with van der Waals surface area (Å²) in [6, 6.07) is 9.21. The number of ether oxygens (including phenoxy) is 2. The van der Waals surface area contributed by atoms with Crippen LogP contribution < -0.4 is 14.4 Å². The molecule has 1 saturated heterocycles. The number of furan rings is 1. The third-order valence-corrected chi connectivity index (χ3v) is 6.72. The van der Waals surface area contributed by atoms with Crippen molar-refractivity contribution >= 4 is 44.9 Å². The molecule has 1 fully saturated rings. The van der Waals surface area contributed by atoms with Crippen molar-refractivity contribution in [1.82, 2.24) is 14.9 Å². The second-order valence-electron chi connectivity index (χ2n) is 7.47. The Morgan fingerprint density at radius 1 is 1.09 bits per heavy atom. The highest BCUT2D eigenvalue weighted by atomic mass is 35.5. The fourth-order valence-electron chi connectivity index (χ4n) is 4.02. The zero-order valence-electron chi connectivity index (χ0n) is 18.1. The Bertz CT molecular complexity index is 1300. The van der Waals surface area contributed by atoms with Crippen LogP contribution in [0.4, 0.5) is 5.82 Å². The Labute approximate surface area is 199 Å². The van der Waals surface area contributed by atoms with Gasteiger partial charge in [-0.2, -0.15) is 4.98 Å². The molecule has 0 atom stereocenters. The summed E-state index contributed by atoms with van der Waals surface area (Å²) in [5.74, 6) is 2.33. The quantitative estimate of drug-likeness (QED) is 0.383. The van der Waals surface area contributed by atoms with Gasteiger partial charge in [0.05, 0.1) is 25.9 Å². The smallest absolute Gasteiger partial charge is 0.289 e. The van der Waals surface area contributed by atoms with E-state index in [0.29, 0.717) is 43.4 Å². The van der Waals surface area contributed by atoms with Gasteiger partial charge in [0.25, 0.3) is 5.91 Å². The number of methoxy groups -OCH3 is 2. The van der Waals surface area contributed by atoms with E-state index in [-0.39, 0.29) is 11.2 Å². The van der Waals surface area contributed by atoms with Gasteiger partial charge in [-0.05, 0) is 41.4 Å². The minimum absolute atomic E-state index is 0.105. The molecule has 170 valence electrons. The summed E-state index contributed by atoms with van der Waals surface area (Å²) in [5, 5.41) is 3.19. The standard InChI is InChI=1S/C23H21ClN4O4S/c1-30-16-6-5-14(12-18(16)31-2)15-13-33-21-19(15)20(25-23(24)26-21)27-7-9-28(10-8-27)22(29)17-4-3-11-32-17/h3-6,11-13H,7-10H2,1-2H3. The first-order valence-electron chi connectivity index (χ1n) is 10.3. The van der Waals surface area contributed by atoms with Gasteiger partial charge >= 0.3 is 0 Å². The number of thiophene rings is 1. The van der Waals surface area contributed by atoms with E-state index >= 15 is 0 Å². The number of carbonyl (C=O) groups excluding carboxylic acids is 1. The monoisotopic (exact) mass is 484 g/mol. The molecule has 1 aliphatic rings. The van der Waals surface area contributed by atoms with Crippen LogP contribution in [0.25, 0.3) is 21.3 Å². The normalized spacial score (nSPS) is 14.0. The number of hydrogen-bond donors (Lipinski definition) is 0. The van der Waals surface area contributed by atoms with E-state index in [4.69, 9.17) is 25.5 Å². The highest BCUT2D eigenvalue weighted by Gasteiger charge is 2.27. The van der Waals surface area contributed by atoms with Gasteiger partial charge in [-0.25, -0.2) is 4.98 Å². The Kier molecular flexibility index (Phi) is 5.82.